The summed E-state index contributed by atoms with van der Waals surface area (Å²) in [6.45, 7) is 1.26. The molecule has 0 saturated carbocycles. The number of anilines is 1. The van der Waals surface area contributed by atoms with Gasteiger partial charge in [0.05, 0.1) is 4.90 Å². The average Bonchev–Trinajstić information content (AvgIpc) is 3.24. The molecule has 7 nitrogen and oxygen atoms in total. The number of hydrogen-bond acceptors (Lipinski definition) is 5. The fourth-order valence-electron chi connectivity index (χ4n) is 3.00. The van der Waals surface area contributed by atoms with Gasteiger partial charge in [-0.05, 0) is 42.5 Å². The fraction of sp³-hybridized carbons (Fsp3) is 0.368. The summed E-state index contributed by atoms with van der Waals surface area (Å²) in [5.41, 5.74) is 0.994. The van der Waals surface area contributed by atoms with E-state index < -0.39 is 10.0 Å². The molecule has 150 valence electrons. The van der Waals surface area contributed by atoms with E-state index in [2.05, 4.69) is 10.6 Å². The van der Waals surface area contributed by atoms with E-state index in [1.54, 1.807) is 29.6 Å². The Morgan fingerprint density at radius 3 is 2.61 bits per heavy atom. The van der Waals surface area contributed by atoms with Crippen LogP contribution in [0.1, 0.15) is 36.0 Å². The van der Waals surface area contributed by atoms with Crippen molar-refractivity contribution in [1.82, 2.24) is 9.62 Å². The highest BCUT2D eigenvalue weighted by Crippen LogP contribution is 2.22. The molecule has 2 heterocycles. The van der Waals surface area contributed by atoms with Gasteiger partial charge in [0, 0.05) is 42.7 Å². The average molecular weight is 422 g/mol. The van der Waals surface area contributed by atoms with Crippen LogP contribution in [-0.2, 0) is 14.8 Å². The lowest BCUT2D eigenvalue weighted by molar-refractivity contribution is -0.116. The molecule has 0 spiro atoms. The summed E-state index contributed by atoms with van der Waals surface area (Å²) in [5, 5.41) is 8.93. The maximum absolute atomic E-state index is 12.8. The molecule has 2 aromatic rings. The summed E-state index contributed by atoms with van der Waals surface area (Å²) >= 11 is 1.43. The van der Waals surface area contributed by atoms with Gasteiger partial charge in [-0.3, -0.25) is 9.59 Å². The third-order valence-electron chi connectivity index (χ3n) is 4.49. The van der Waals surface area contributed by atoms with Crippen LogP contribution in [-0.4, -0.2) is 44.2 Å². The Morgan fingerprint density at radius 2 is 1.89 bits per heavy atom. The molecule has 0 unspecified atom stereocenters. The Hall–Kier alpha value is -2.23. The van der Waals surface area contributed by atoms with Crippen LogP contribution in [0.3, 0.4) is 0 Å². The molecule has 0 radical (unpaired) electrons. The summed E-state index contributed by atoms with van der Waals surface area (Å²) in [5.74, 6) is -0.512. The molecule has 1 fully saturated rings. The van der Waals surface area contributed by atoms with Gasteiger partial charge < -0.3 is 10.6 Å². The lowest BCUT2D eigenvalue weighted by Crippen LogP contribution is -2.35. The van der Waals surface area contributed by atoms with Gasteiger partial charge >= 0.3 is 0 Å². The molecule has 1 aromatic carbocycles. The van der Waals surface area contributed by atoms with E-state index in [9.17, 15) is 18.0 Å². The smallest absolute Gasteiger partial charge is 0.252 e. The third kappa shape index (κ3) is 5.18. The molecular formula is C19H23N3O4S2. The Morgan fingerprint density at radius 1 is 1.11 bits per heavy atom. The highest BCUT2D eigenvalue weighted by molar-refractivity contribution is 7.89. The summed E-state index contributed by atoms with van der Waals surface area (Å²) in [4.78, 5) is 24.1. The van der Waals surface area contributed by atoms with Gasteiger partial charge in [0.25, 0.3) is 5.91 Å². The van der Waals surface area contributed by atoms with Crippen molar-refractivity contribution in [2.75, 3.05) is 25.0 Å². The molecule has 2 amide bonds. The van der Waals surface area contributed by atoms with E-state index in [1.807, 2.05) is 5.38 Å². The predicted molar refractivity (Wildman–Crippen MR) is 109 cm³/mol. The maximum atomic E-state index is 12.8. The van der Waals surface area contributed by atoms with Crippen molar-refractivity contribution in [2.24, 2.45) is 0 Å². The fourth-order valence-corrected chi connectivity index (χ4v) is 5.20. The number of carbonyl (C=O) groups is 2. The highest BCUT2D eigenvalue weighted by Gasteiger charge is 2.26. The normalized spacial score (nSPS) is 15.1. The zero-order chi connectivity index (χ0) is 20.0. The van der Waals surface area contributed by atoms with Crippen LogP contribution in [0.25, 0.3) is 0 Å². The molecule has 1 aliphatic heterocycles. The first kappa shape index (κ1) is 20.5. The van der Waals surface area contributed by atoms with E-state index in [1.165, 1.54) is 21.7 Å². The van der Waals surface area contributed by atoms with Crippen molar-refractivity contribution < 1.29 is 18.0 Å². The monoisotopic (exact) mass is 421 g/mol. The molecule has 1 aliphatic rings. The molecule has 28 heavy (non-hydrogen) atoms. The van der Waals surface area contributed by atoms with Crippen molar-refractivity contribution in [1.29, 1.82) is 0 Å². The Labute approximate surface area is 168 Å². The first-order valence-corrected chi connectivity index (χ1v) is 11.6. The lowest BCUT2D eigenvalue weighted by atomic mass is 10.2. The second kappa shape index (κ2) is 9.31. The first-order chi connectivity index (χ1) is 13.5. The van der Waals surface area contributed by atoms with Gasteiger partial charge in [-0.1, -0.05) is 12.5 Å². The Bertz CT molecular complexity index is 920. The summed E-state index contributed by atoms with van der Waals surface area (Å²) in [6.07, 6.45) is 2.88. The van der Waals surface area contributed by atoms with Crippen LogP contribution in [0.2, 0.25) is 0 Å². The van der Waals surface area contributed by atoms with Crippen LogP contribution >= 0.6 is 11.3 Å². The van der Waals surface area contributed by atoms with Gasteiger partial charge in [-0.15, -0.1) is 0 Å². The largest absolute Gasteiger partial charge is 0.351 e. The van der Waals surface area contributed by atoms with Crippen LogP contribution in [0, 0.1) is 0 Å². The minimum Gasteiger partial charge on any atom is -0.351 e. The summed E-state index contributed by atoms with van der Waals surface area (Å²) in [7, 11) is -3.55. The molecule has 1 aromatic heterocycles. The number of hydrogen-bond donors (Lipinski definition) is 2. The van der Waals surface area contributed by atoms with Crippen molar-refractivity contribution >= 4 is 38.9 Å². The maximum Gasteiger partial charge on any atom is 0.252 e. The number of benzene rings is 1. The van der Waals surface area contributed by atoms with Gasteiger partial charge in [-0.25, -0.2) is 8.42 Å². The molecule has 0 atom stereocenters. The number of nitrogens with zero attached hydrogens (tertiary/aromatic N) is 1. The molecule has 3 rings (SSSR count). The van der Waals surface area contributed by atoms with Crippen LogP contribution in [0.5, 0.6) is 0 Å². The number of thiophene rings is 1. The number of rotatable bonds is 7. The van der Waals surface area contributed by atoms with E-state index >= 15 is 0 Å². The predicted octanol–water partition coefficient (Wildman–Crippen LogP) is 2.68. The van der Waals surface area contributed by atoms with Crippen molar-refractivity contribution in [2.45, 2.75) is 30.6 Å². The van der Waals surface area contributed by atoms with Gasteiger partial charge in [-0.2, -0.15) is 15.6 Å². The van der Waals surface area contributed by atoms with Crippen LogP contribution in [0.15, 0.2) is 46.0 Å². The number of sulfonamides is 1. The van der Waals surface area contributed by atoms with Crippen molar-refractivity contribution in [3.8, 4) is 0 Å². The zero-order valence-electron chi connectivity index (χ0n) is 15.4. The van der Waals surface area contributed by atoms with Gasteiger partial charge in [0.2, 0.25) is 15.9 Å². The molecule has 9 heteroatoms. The molecule has 2 N–H and O–H groups in total. The zero-order valence-corrected chi connectivity index (χ0v) is 17.0. The van der Waals surface area contributed by atoms with Crippen molar-refractivity contribution in [3.63, 3.8) is 0 Å². The number of carbonyl (C=O) groups excluding carboxylic acids is 2. The quantitative estimate of drug-likeness (QED) is 0.718. The third-order valence-corrected chi connectivity index (χ3v) is 7.07. The molecular weight excluding hydrogens is 398 g/mol. The van der Waals surface area contributed by atoms with E-state index in [4.69, 9.17) is 0 Å². The Balaban J connectivity index is 1.55. The molecule has 1 saturated heterocycles. The second-order valence-corrected chi connectivity index (χ2v) is 9.28. The van der Waals surface area contributed by atoms with Crippen LogP contribution < -0.4 is 10.6 Å². The minimum absolute atomic E-state index is 0.0962. The topological polar surface area (TPSA) is 95.6 Å². The number of amides is 2. The standard InChI is InChI=1S/C19H23N3O4S2/c23-18(7-9-20-19(24)15-8-12-27-14-15)21-16-5-4-6-17(13-16)28(25,26)22-10-2-1-3-11-22/h4-6,8,12-14H,1-3,7,9-11H2,(H,20,24)(H,21,23). The molecule has 0 bridgehead atoms. The highest BCUT2D eigenvalue weighted by atomic mass is 32.2. The van der Waals surface area contributed by atoms with E-state index in [0.29, 0.717) is 24.3 Å². The van der Waals surface area contributed by atoms with E-state index in [0.717, 1.165) is 19.3 Å². The number of piperidine rings is 1. The SMILES string of the molecule is O=C(CCNC(=O)c1ccsc1)Nc1cccc(S(=O)(=O)N2CCCCC2)c1. The lowest BCUT2D eigenvalue weighted by Gasteiger charge is -2.26. The Kier molecular flexibility index (Phi) is 6.82. The van der Waals surface area contributed by atoms with Crippen molar-refractivity contribution in [3.05, 3.63) is 46.7 Å². The second-order valence-electron chi connectivity index (χ2n) is 6.56. The molecule has 0 aliphatic carbocycles. The summed E-state index contributed by atoms with van der Waals surface area (Å²) in [6, 6.07) is 8.00. The van der Waals surface area contributed by atoms with Gasteiger partial charge in [0.1, 0.15) is 0 Å². The minimum atomic E-state index is -3.55. The van der Waals surface area contributed by atoms with Crippen LogP contribution in [0.4, 0.5) is 5.69 Å². The summed E-state index contributed by atoms with van der Waals surface area (Å²) < 4.78 is 27.0. The van der Waals surface area contributed by atoms with E-state index in [-0.39, 0.29) is 29.7 Å². The first-order valence-electron chi connectivity index (χ1n) is 9.17. The number of nitrogens with one attached hydrogen (secondary N) is 2. The van der Waals surface area contributed by atoms with Gasteiger partial charge in [0.15, 0.2) is 0 Å².